The van der Waals surface area contributed by atoms with Crippen molar-refractivity contribution in [3.05, 3.63) is 28.3 Å². The van der Waals surface area contributed by atoms with Crippen molar-refractivity contribution in [3.63, 3.8) is 0 Å². The van der Waals surface area contributed by atoms with Gasteiger partial charge in [-0.25, -0.2) is 0 Å². The van der Waals surface area contributed by atoms with Crippen molar-refractivity contribution < 1.29 is 5.11 Å². The van der Waals surface area contributed by atoms with Crippen molar-refractivity contribution in [1.82, 2.24) is 0 Å². The predicted molar refractivity (Wildman–Crippen MR) is 62.2 cm³/mol. The van der Waals surface area contributed by atoms with Crippen molar-refractivity contribution in [2.45, 2.75) is 45.6 Å². The van der Waals surface area contributed by atoms with Gasteiger partial charge >= 0.3 is 0 Å². The van der Waals surface area contributed by atoms with Gasteiger partial charge in [-0.3, -0.25) is 0 Å². The van der Waals surface area contributed by atoms with Crippen molar-refractivity contribution in [2.75, 3.05) is 0 Å². The zero-order chi connectivity index (χ0) is 11.2. The van der Waals surface area contributed by atoms with Crippen LogP contribution in [0, 0.1) is 20.8 Å². The van der Waals surface area contributed by atoms with E-state index in [1.54, 1.807) is 0 Å². The van der Waals surface area contributed by atoms with Crippen LogP contribution in [-0.2, 0) is 6.42 Å². The molecule has 1 aromatic carbocycles. The van der Waals surface area contributed by atoms with Crippen LogP contribution in [0.15, 0.2) is 6.07 Å². The summed E-state index contributed by atoms with van der Waals surface area (Å²) in [6.45, 7) is 6.08. The van der Waals surface area contributed by atoms with Crippen LogP contribution in [0.4, 0.5) is 0 Å². The zero-order valence-corrected chi connectivity index (χ0v) is 9.72. The summed E-state index contributed by atoms with van der Waals surface area (Å²) in [5, 5.41) is 9.69. The van der Waals surface area contributed by atoms with Gasteiger partial charge in [-0.15, -0.1) is 0 Å². The lowest BCUT2D eigenvalue weighted by Crippen LogP contribution is -2.25. The Kier molecular flexibility index (Phi) is 2.27. The summed E-state index contributed by atoms with van der Waals surface area (Å²) in [4.78, 5) is 0. The molecule has 0 radical (unpaired) electrons. The number of benzene rings is 1. The first-order valence-corrected chi connectivity index (χ1v) is 5.50. The molecule has 1 aliphatic carbocycles. The number of rotatable bonds is 2. The minimum absolute atomic E-state index is 0.0406. The molecule has 0 amide bonds. The molecule has 15 heavy (non-hydrogen) atoms. The second kappa shape index (κ2) is 3.24. The van der Waals surface area contributed by atoms with Gasteiger partial charge in [0.1, 0.15) is 5.75 Å². The van der Waals surface area contributed by atoms with Gasteiger partial charge in [-0.05, 0) is 68.4 Å². The van der Waals surface area contributed by atoms with Crippen LogP contribution >= 0.6 is 0 Å². The van der Waals surface area contributed by atoms with Crippen molar-refractivity contribution in [1.29, 1.82) is 0 Å². The summed E-state index contributed by atoms with van der Waals surface area (Å²) in [6.07, 6.45) is 3.21. The number of hydrogen-bond acceptors (Lipinski definition) is 2. The quantitative estimate of drug-likeness (QED) is 0.778. The summed E-state index contributed by atoms with van der Waals surface area (Å²) in [7, 11) is 0. The molecule has 0 atom stereocenters. The van der Waals surface area contributed by atoms with Crippen LogP contribution in [0.3, 0.4) is 0 Å². The lowest BCUT2D eigenvalue weighted by Gasteiger charge is -2.17. The summed E-state index contributed by atoms with van der Waals surface area (Å²) < 4.78 is 0. The molecule has 0 aliphatic heterocycles. The van der Waals surface area contributed by atoms with Gasteiger partial charge in [-0.1, -0.05) is 0 Å². The Morgan fingerprint density at radius 1 is 1.27 bits per heavy atom. The molecule has 0 unspecified atom stereocenters. The Labute approximate surface area is 91.1 Å². The average Bonchev–Trinajstić information content (AvgIpc) is 2.89. The van der Waals surface area contributed by atoms with E-state index in [4.69, 9.17) is 5.73 Å². The number of phenolic OH excluding ortho intramolecular Hbond substituents is 1. The maximum atomic E-state index is 9.69. The van der Waals surface area contributed by atoms with Gasteiger partial charge in [0.25, 0.3) is 0 Å². The summed E-state index contributed by atoms with van der Waals surface area (Å²) >= 11 is 0. The minimum atomic E-state index is 0.0406. The Bertz CT molecular complexity index is 405. The first-order valence-electron chi connectivity index (χ1n) is 5.50. The van der Waals surface area contributed by atoms with Gasteiger partial charge in [0.15, 0.2) is 0 Å². The number of aromatic hydroxyl groups is 1. The van der Waals surface area contributed by atoms with Gasteiger partial charge in [0.2, 0.25) is 0 Å². The second-order valence-electron chi connectivity index (χ2n) is 4.98. The highest BCUT2D eigenvalue weighted by Crippen LogP contribution is 2.38. The molecule has 1 fully saturated rings. The molecule has 1 aliphatic rings. The van der Waals surface area contributed by atoms with Crippen LogP contribution in [0.5, 0.6) is 5.75 Å². The highest BCUT2D eigenvalue weighted by molar-refractivity contribution is 5.48. The van der Waals surface area contributed by atoms with E-state index in [0.29, 0.717) is 5.75 Å². The zero-order valence-electron chi connectivity index (χ0n) is 9.72. The minimum Gasteiger partial charge on any atom is -0.508 e. The maximum absolute atomic E-state index is 9.69. The Hall–Kier alpha value is -1.02. The van der Waals surface area contributed by atoms with Gasteiger partial charge < -0.3 is 10.8 Å². The molecule has 2 rings (SSSR count). The molecule has 0 heterocycles. The number of phenols is 1. The van der Waals surface area contributed by atoms with Crippen LogP contribution in [-0.4, -0.2) is 10.6 Å². The van der Waals surface area contributed by atoms with E-state index >= 15 is 0 Å². The van der Waals surface area contributed by atoms with Crippen LogP contribution in [0.2, 0.25) is 0 Å². The molecule has 1 aromatic rings. The van der Waals surface area contributed by atoms with Crippen molar-refractivity contribution in [3.8, 4) is 5.75 Å². The topological polar surface area (TPSA) is 46.2 Å². The highest BCUT2D eigenvalue weighted by Gasteiger charge is 2.38. The van der Waals surface area contributed by atoms with Crippen LogP contribution in [0.25, 0.3) is 0 Å². The smallest absolute Gasteiger partial charge is 0.119 e. The first-order chi connectivity index (χ1) is 6.93. The molecule has 2 heteroatoms. The average molecular weight is 205 g/mol. The molecular formula is C13H19NO. The highest BCUT2D eigenvalue weighted by atomic mass is 16.3. The molecule has 0 aromatic heterocycles. The first kappa shape index (κ1) is 10.5. The van der Waals surface area contributed by atoms with Crippen molar-refractivity contribution >= 4 is 0 Å². The number of aryl methyl sites for hydroxylation is 1. The number of nitrogens with two attached hydrogens (primary N) is 1. The number of hydrogen-bond donors (Lipinski definition) is 2. The van der Waals surface area contributed by atoms with Gasteiger partial charge in [0, 0.05) is 5.54 Å². The van der Waals surface area contributed by atoms with Crippen LogP contribution in [0.1, 0.15) is 35.1 Å². The molecule has 3 N–H and O–H groups in total. The monoisotopic (exact) mass is 205 g/mol. The Morgan fingerprint density at radius 3 is 2.40 bits per heavy atom. The van der Waals surface area contributed by atoms with E-state index in [1.807, 2.05) is 19.9 Å². The fraction of sp³-hybridized carbons (Fsp3) is 0.538. The largest absolute Gasteiger partial charge is 0.508 e. The Morgan fingerprint density at radius 2 is 1.87 bits per heavy atom. The third-order valence-electron chi connectivity index (χ3n) is 3.65. The lowest BCUT2D eigenvalue weighted by molar-refractivity contribution is 0.469. The molecule has 0 spiro atoms. The molecule has 0 saturated heterocycles. The van der Waals surface area contributed by atoms with Gasteiger partial charge in [-0.2, -0.15) is 0 Å². The predicted octanol–water partition coefficient (Wildman–Crippen LogP) is 2.35. The van der Waals surface area contributed by atoms with E-state index in [-0.39, 0.29) is 5.54 Å². The third-order valence-corrected chi connectivity index (χ3v) is 3.65. The van der Waals surface area contributed by atoms with Crippen LogP contribution < -0.4 is 5.73 Å². The normalized spacial score (nSPS) is 17.9. The molecular weight excluding hydrogens is 186 g/mol. The molecule has 2 nitrogen and oxygen atoms in total. The van der Waals surface area contributed by atoms with E-state index in [9.17, 15) is 5.11 Å². The molecule has 82 valence electrons. The fourth-order valence-corrected chi connectivity index (χ4v) is 2.08. The van der Waals surface area contributed by atoms with E-state index < -0.39 is 0 Å². The Balaban J connectivity index is 2.41. The fourth-order valence-electron chi connectivity index (χ4n) is 2.08. The van der Waals surface area contributed by atoms with E-state index in [2.05, 4.69) is 6.92 Å². The standard InChI is InChI=1S/C13H19NO/c1-8-6-12(15)10(3)9(2)11(8)7-13(14)4-5-13/h6,15H,4-5,7,14H2,1-3H3. The lowest BCUT2D eigenvalue weighted by atomic mass is 9.92. The third kappa shape index (κ3) is 1.86. The summed E-state index contributed by atoms with van der Waals surface area (Å²) in [5.74, 6) is 0.399. The SMILES string of the molecule is Cc1cc(O)c(C)c(C)c1CC1(N)CC1. The van der Waals surface area contributed by atoms with E-state index in [0.717, 1.165) is 30.4 Å². The molecule has 1 saturated carbocycles. The van der Waals surface area contributed by atoms with E-state index in [1.165, 1.54) is 11.1 Å². The maximum Gasteiger partial charge on any atom is 0.119 e. The van der Waals surface area contributed by atoms with Gasteiger partial charge in [0.05, 0.1) is 0 Å². The summed E-state index contributed by atoms with van der Waals surface area (Å²) in [6, 6.07) is 1.85. The second-order valence-corrected chi connectivity index (χ2v) is 4.98. The van der Waals surface area contributed by atoms with Crippen molar-refractivity contribution in [2.24, 2.45) is 5.73 Å². The molecule has 0 bridgehead atoms. The summed E-state index contributed by atoms with van der Waals surface area (Å²) in [5.41, 5.74) is 10.9.